The molecule has 2 aromatic rings. The number of tetrazole rings is 1. The molecule has 1 aromatic heterocycles. The van der Waals surface area contributed by atoms with Gasteiger partial charge in [0.25, 0.3) is 0 Å². The van der Waals surface area contributed by atoms with E-state index in [0.717, 1.165) is 44.0 Å². The molecule has 1 aliphatic heterocycles. The molecule has 1 saturated heterocycles. The molecule has 6 nitrogen and oxygen atoms in total. The summed E-state index contributed by atoms with van der Waals surface area (Å²) in [5.74, 6) is 1.64. The van der Waals surface area contributed by atoms with Crippen LogP contribution in [0.5, 0.6) is 0 Å². The highest BCUT2D eigenvalue weighted by atomic mass is 16.3. The first kappa shape index (κ1) is 14.6. The molecule has 1 aliphatic carbocycles. The van der Waals surface area contributed by atoms with Gasteiger partial charge >= 0.3 is 0 Å². The highest BCUT2D eigenvalue weighted by molar-refractivity contribution is 5.42. The fraction of sp³-hybridized carbons (Fsp3) is 0.588. The molecule has 2 heterocycles. The molecular formula is C17H23N5O. The molecule has 0 unspecified atom stereocenters. The number of hydrogen-bond acceptors (Lipinski definition) is 5. The minimum absolute atomic E-state index is 0.321. The SMILES string of the molecule is CC[C@]1(O)CCC[C@H]2CN(c3nnnn3-c3ccccc3)C[C@H]21. The molecule has 0 spiro atoms. The normalized spacial score (nSPS) is 30.4. The van der Waals surface area contributed by atoms with Gasteiger partial charge in [0.2, 0.25) is 5.95 Å². The number of anilines is 1. The highest BCUT2D eigenvalue weighted by Gasteiger charge is 2.48. The monoisotopic (exact) mass is 313 g/mol. The van der Waals surface area contributed by atoms with Gasteiger partial charge in [-0.15, -0.1) is 0 Å². The van der Waals surface area contributed by atoms with Crippen LogP contribution in [0.1, 0.15) is 32.6 Å². The largest absolute Gasteiger partial charge is 0.390 e. The average Bonchev–Trinajstić information content (AvgIpc) is 3.23. The Kier molecular flexibility index (Phi) is 3.56. The van der Waals surface area contributed by atoms with Gasteiger partial charge in [0.05, 0.1) is 11.3 Å². The summed E-state index contributed by atoms with van der Waals surface area (Å²) in [5, 5.41) is 23.3. The standard InChI is InChI=1S/C17H23N5O/c1-2-17(23)10-6-7-13-11-21(12-15(13)17)16-18-19-20-22(16)14-8-4-3-5-9-14/h3-5,8-9,13,15,23H,2,6-7,10-12H2,1H3/t13-,15+,17-/m0/s1. The number of benzene rings is 1. The van der Waals surface area contributed by atoms with Crippen molar-refractivity contribution in [2.75, 3.05) is 18.0 Å². The number of aromatic nitrogens is 4. The van der Waals surface area contributed by atoms with Crippen LogP contribution in [-0.4, -0.2) is 44.0 Å². The second-order valence-corrected chi connectivity index (χ2v) is 6.85. The van der Waals surface area contributed by atoms with Gasteiger partial charge in [-0.1, -0.05) is 36.6 Å². The summed E-state index contributed by atoms with van der Waals surface area (Å²) in [6, 6.07) is 9.97. The summed E-state index contributed by atoms with van der Waals surface area (Å²) in [4.78, 5) is 2.24. The Balaban J connectivity index is 1.63. The molecule has 3 atom stereocenters. The summed E-state index contributed by atoms with van der Waals surface area (Å²) in [6.07, 6.45) is 4.05. The topological polar surface area (TPSA) is 67.1 Å². The summed E-state index contributed by atoms with van der Waals surface area (Å²) in [5.41, 5.74) is 0.441. The second-order valence-electron chi connectivity index (χ2n) is 6.85. The molecule has 122 valence electrons. The minimum atomic E-state index is -0.525. The van der Waals surface area contributed by atoms with Gasteiger partial charge in [0.1, 0.15) is 0 Å². The Labute approximate surface area is 136 Å². The lowest BCUT2D eigenvalue weighted by Gasteiger charge is -2.40. The van der Waals surface area contributed by atoms with Crippen LogP contribution in [0.2, 0.25) is 0 Å². The van der Waals surface area contributed by atoms with Gasteiger partial charge in [0.15, 0.2) is 0 Å². The average molecular weight is 313 g/mol. The molecule has 2 aliphatic rings. The maximum Gasteiger partial charge on any atom is 0.250 e. The predicted octanol–water partition coefficient (Wildman–Crippen LogP) is 2.04. The van der Waals surface area contributed by atoms with E-state index in [2.05, 4.69) is 27.3 Å². The Morgan fingerprint density at radius 3 is 2.87 bits per heavy atom. The lowest BCUT2D eigenvalue weighted by atomic mass is 9.69. The van der Waals surface area contributed by atoms with E-state index in [1.807, 2.05) is 30.3 Å². The Morgan fingerprint density at radius 1 is 1.26 bits per heavy atom. The lowest BCUT2D eigenvalue weighted by Crippen LogP contribution is -2.44. The van der Waals surface area contributed by atoms with E-state index >= 15 is 0 Å². The second kappa shape index (κ2) is 5.60. The molecule has 2 fully saturated rings. The zero-order valence-electron chi connectivity index (χ0n) is 13.5. The quantitative estimate of drug-likeness (QED) is 0.939. The van der Waals surface area contributed by atoms with Crippen molar-refractivity contribution in [2.24, 2.45) is 11.8 Å². The molecule has 1 aromatic carbocycles. The van der Waals surface area contributed by atoms with Crippen molar-refractivity contribution in [3.8, 4) is 5.69 Å². The summed E-state index contributed by atoms with van der Waals surface area (Å²) in [7, 11) is 0. The third-order valence-corrected chi connectivity index (χ3v) is 5.66. The predicted molar refractivity (Wildman–Crippen MR) is 87.4 cm³/mol. The van der Waals surface area contributed by atoms with Crippen LogP contribution in [0.15, 0.2) is 30.3 Å². The zero-order chi connectivity index (χ0) is 15.9. The maximum absolute atomic E-state index is 11.0. The van der Waals surface area contributed by atoms with Gasteiger partial charge in [-0.05, 0) is 47.7 Å². The summed E-state index contributed by atoms with van der Waals surface area (Å²) in [6.45, 7) is 3.86. The Hall–Kier alpha value is -1.95. The zero-order valence-corrected chi connectivity index (χ0v) is 13.5. The van der Waals surface area contributed by atoms with Crippen molar-refractivity contribution < 1.29 is 5.11 Å². The van der Waals surface area contributed by atoms with E-state index in [0.29, 0.717) is 11.8 Å². The first-order chi connectivity index (χ1) is 11.2. The smallest absolute Gasteiger partial charge is 0.250 e. The van der Waals surface area contributed by atoms with Gasteiger partial charge in [-0.3, -0.25) is 0 Å². The van der Waals surface area contributed by atoms with Crippen LogP contribution in [0.3, 0.4) is 0 Å². The van der Waals surface area contributed by atoms with Crippen LogP contribution in [0.25, 0.3) is 5.69 Å². The summed E-state index contributed by atoms with van der Waals surface area (Å²) >= 11 is 0. The maximum atomic E-state index is 11.0. The van der Waals surface area contributed by atoms with Crippen molar-refractivity contribution in [3.63, 3.8) is 0 Å². The van der Waals surface area contributed by atoms with Gasteiger partial charge in [-0.2, -0.15) is 4.68 Å². The van der Waals surface area contributed by atoms with Crippen molar-refractivity contribution in [2.45, 2.75) is 38.2 Å². The van der Waals surface area contributed by atoms with Crippen molar-refractivity contribution in [1.29, 1.82) is 0 Å². The van der Waals surface area contributed by atoms with E-state index in [4.69, 9.17) is 0 Å². The van der Waals surface area contributed by atoms with E-state index < -0.39 is 5.60 Å². The number of hydrogen-bond donors (Lipinski definition) is 1. The number of para-hydroxylation sites is 1. The van der Waals surface area contributed by atoms with Gasteiger partial charge < -0.3 is 10.0 Å². The molecule has 0 bridgehead atoms. The number of fused-ring (bicyclic) bond motifs is 1. The molecule has 1 saturated carbocycles. The van der Waals surface area contributed by atoms with E-state index in [9.17, 15) is 5.11 Å². The lowest BCUT2D eigenvalue weighted by molar-refractivity contribution is -0.0597. The fourth-order valence-electron chi connectivity index (χ4n) is 4.35. The van der Waals surface area contributed by atoms with Crippen LogP contribution in [0, 0.1) is 11.8 Å². The highest BCUT2D eigenvalue weighted by Crippen LogP contribution is 2.45. The van der Waals surface area contributed by atoms with E-state index in [1.165, 1.54) is 6.42 Å². The minimum Gasteiger partial charge on any atom is -0.390 e. The summed E-state index contributed by atoms with van der Waals surface area (Å²) < 4.78 is 1.79. The van der Waals surface area contributed by atoms with Crippen molar-refractivity contribution in [1.82, 2.24) is 20.2 Å². The number of nitrogens with zero attached hydrogens (tertiary/aromatic N) is 5. The first-order valence-corrected chi connectivity index (χ1v) is 8.52. The Bertz CT molecular complexity index is 673. The van der Waals surface area contributed by atoms with E-state index in [-0.39, 0.29) is 0 Å². The number of rotatable bonds is 3. The van der Waals surface area contributed by atoms with Gasteiger partial charge in [-0.25, -0.2) is 0 Å². The van der Waals surface area contributed by atoms with Crippen LogP contribution >= 0.6 is 0 Å². The van der Waals surface area contributed by atoms with Crippen molar-refractivity contribution >= 4 is 5.95 Å². The molecule has 23 heavy (non-hydrogen) atoms. The van der Waals surface area contributed by atoms with E-state index in [1.54, 1.807) is 4.68 Å². The molecule has 6 heteroatoms. The molecule has 0 radical (unpaired) electrons. The Morgan fingerprint density at radius 2 is 2.09 bits per heavy atom. The van der Waals surface area contributed by atoms with Crippen molar-refractivity contribution in [3.05, 3.63) is 30.3 Å². The molecule has 4 rings (SSSR count). The molecule has 0 amide bonds. The van der Waals surface area contributed by atoms with Crippen LogP contribution in [0.4, 0.5) is 5.95 Å². The number of aliphatic hydroxyl groups is 1. The van der Waals surface area contributed by atoms with Gasteiger partial charge in [0, 0.05) is 19.0 Å². The fourth-order valence-corrected chi connectivity index (χ4v) is 4.35. The third kappa shape index (κ3) is 2.41. The molecular weight excluding hydrogens is 290 g/mol. The molecule has 1 N–H and O–H groups in total. The van der Waals surface area contributed by atoms with Crippen LogP contribution in [-0.2, 0) is 0 Å². The first-order valence-electron chi connectivity index (χ1n) is 8.52. The third-order valence-electron chi connectivity index (χ3n) is 5.66. The van der Waals surface area contributed by atoms with Crippen LogP contribution < -0.4 is 4.90 Å².